The topological polar surface area (TPSA) is 93.5 Å². The average Bonchev–Trinajstić information content (AvgIpc) is 2.28. The minimum absolute atomic E-state index is 0.0412. The lowest BCUT2D eigenvalue weighted by Crippen LogP contribution is -2.23. The van der Waals surface area contributed by atoms with Gasteiger partial charge < -0.3 is 5.73 Å². The molecule has 0 fully saturated rings. The smallest absolute Gasteiger partial charge is 0.276 e. The summed E-state index contributed by atoms with van der Waals surface area (Å²) in [7, 11) is 0. The summed E-state index contributed by atoms with van der Waals surface area (Å²) in [5, 5.41) is 14.4. The van der Waals surface area contributed by atoms with E-state index in [2.05, 4.69) is 22.7 Å². The fourth-order valence-electron chi connectivity index (χ4n) is 1.09. The Bertz CT molecular complexity index is 485. The second-order valence-corrected chi connectivity index (χ2v) is 3.37. The lowest BCUT2D eigenvalue weighted by molar-refractivity contribution is -0.385. The minimum atomic E-state index is -0.440. The molecule has 0 bridgehead atoms. The van der Waals surface area contributed by atoms with Crippen LogP contribution in [0, 0.1) is 10.1 Å². The third kappa shape index (κ3) is 4.39. The zero-order valence-corrected chi connectivity index (χ0v) is 9.55. The quantitative estimate of drug-likeness (QED) is 0.365. The van der Waals surface area contributed by atoms with Gasteiger partial charge in [0.1, 0.15) is 0 Å². The largest absolute Gasteiger partial charge is 0.375 e. The number of hydrogen-bond acceptors (Lipinski definition) is 4. The lowest BCUT2D eigenvalue weighted by Gasteiger charge is -1.95. The van der Waals surface area contributed by atoms with E-state index in [0.717, 1.165) is 0 Å². The Hall–Kier alpha value is -2.28. The molecular formula is C10H10N4O2S. The molecule has 3 N–H and O–H groups in total. The van der Waals surface area contributed by atoms with E-state index in [4.69, 9.17) is 5.73 Å². The van der Waals surface area contributed by atoms with E-state index in [-0.39, 0.29) is 10.8 Å². The molecule has 1 aromatic rings. The van der Waals surface area contributed by atoms with E-state index in [1.165, 1.54) is 12.3 Å². The molecule has 6 nitrogen and oxygen atoms in total. The highest BCUT2D eigenvalue weighted by Gasteiger charge is 2.08. The molecule has 0 aromatic heterocycles. The number of allylic oxidation sites excluding steroid dienone is 1. The van der Waals surface area contributed by atoms with Gasteiger partial charge in [0.05, 0.1) is 10.5 Å². The SMILES string of the molecule is NC(=S)NN=CC=Cc1ccccc1[N+](=O)[O-]. The van der Waals surface area contributed by atoms with Crippen molar-refractivity contribution in [2.75, 3.05) is 0 Å². The molecule has 1 rings (SSSR count). The number of rotatable bonds is 4. The van der Waals surface area contributed by atoms with Gasteiger partial charge in [0.25, 0.3) is 5.69 Å². The summed E-state index contributed by atoms with van der Waals surface area (Å²) in [6.07, 6.45) is 4.52. The summed E-state index contributed by atoms with van der Waals surface area (Å²) < 4.78 is 0. The molecule has 0 spiro atoms. The standard InChI is InChI=1S/C10H10N4O2S/c11-10(17)13-12-7-3-5-8-4-1-2-6-9(8)14(15)16/h1-7H,(H3,11,13,17). The lowest BCUT2D eigenvalue weighted by atomic mass is 10.2. The zero-order valence-electron chi connectivity index (χ0n) is 8.74. The predicted molar refractivity (Wildman–Crippen MR) is 70.5 cm³/mol. The Morgan fingerprint density at radius 2 is 2.24 bits per heavy atom. The molecule has 0 aliphatic heterocycles. The van der Waals surface area contributed by atoms with Gasteiger partial charge in [0, 0.05) is 12.3 Å². The summed E-state index contributed by atoms with van der Waals surface area (Å²) in [5.74, 6) is 0. The molecule has 0 aliphatic rings. The highest BCUT2D eigenvalue weighted by atomic mass is 32.1. The number of nitrogens with two attached hydrogens (primary N) is 1. The van der Waals surface area contributed by atoms with Gasteiger partial charge in [0.2, 0.25) is 0 Å². The zero-order chi connectivity index (χ0) is 12.7. The molecule has 0 amide bonds. The maximum Gasteiger partial charge on any atom is 0.276 e. The average molecular weight is 250 g/mol. The fraction of sp³-hybridized carbons (Fsp3) is 0. The molecule has 0 unspecified atom stereocenters. The molecule has 0 saturated heterocycles. The van der Waals surface area contributed by atoms with Gasteiger partial charge in [-0.25, -0.2) is 0 Å². The van der Waals surface area contributed by atoms with Crippen LogP contribution in [0.1, 0.15) is 5.56 Å². The molecule has 1 aromatic carbocycles. The molecule has 88 valence electrons. The number of benzene rings is 1. The molecule has 0 saturated carbocycles. The van der Waals surface area contributed by atoms with Crippen LogP contribution in [0.4, 0.5) is 5.69 Å². The summed E-state index contributed by atoms with van der Waals surface area (Å²) in [6.45, 7) is 0. The maximum absolute atomic E-state index is 10.7. The highest BCUT2D eigenvalue weighted by Crippen LogP contribution is 2.18. The number of nitrogens with zero attached hydrogens (tertiary/aromatic N) is 2. The number of nitro benzene ring substituents is 1. The van der Waals surface area contributed by atoms with E-state index in [0.29, 0.717) is 5.56 Å². The Labute approximate surface area is 103 Å². The molecule has 7 heteroatoms. The van der Waals surface area contributed by atoms with Crippen molar-refractivity contribution in [1.29, 1.82) is 0 Å². The Morgan fingerprint density at radius 1 is 1.53 bits per heavy atom. The van der Waals surface area contributed by atoms with Crippen LogP contribution in [-0.4, -0.2) is 16.3 Å². The molecule has 0 radical (unpaired) electrons. The van der Waals surface area contributed by atoms with E-state index in [1.54, 1.807) is 30.4 Å². The van der Waals surface area contributed by atoms with Crippen LogP contribution in [0.25, 0.3) is 6.08 Å². The Kier molecular flexibility index (Phi) is 4.77. The fourth-order valence-corrected chi connectivity index (χ4v) is 1.14. The number of para-hydroxylation sites is 1. The van der Waals surface area contributed by atoms with Crippen molar-refractivity contribution in [1.82, 2.24) is 5.43 Å². The van der Waals surface area contributed by atoms with E-state index in [1.807, 2.05) is 0 Å². The van der Waals surface area contributed by atoms with E-state index >= 15 is 0 Å². The van der Waals surface area contributed by atoms with Gasteiger partial charge in [-0.2, -0.15) is 5.10 Å². The molecule has 17 heavy (non-hydrogen) atoms. The van der Waals surface area contributed by atoms with Crippen LogP contribution in [0.15, 0.2) is 35.4 Å². The molecule has 0 atom stereocenters. The van der Waals surface area contributed by atoms with Crippen LogP contribution in [0.2, 0.25) is 0 Å². The first-order valence-electron chi connectivity index (χ1n) is 4.60. The summed E-state index contributed by atoms with van der Waals surface area (Å²) in [6, 6.07) is 6.41. The van der Waals surface area contributed by atoms with E-state index < -0.39 is 4.92 Å². The van der Waals surface area contributed by atoms with Crippen molar-refractivity contribution in [3.8, 4) is 0 Å². The van der Waals surface area contributed by atoms with Gasteiger partial charge >= 0.3 is 0 Å². The number of hydrazone groups is 1. The number of nitrogens with one attached hydrogen (secondary N) is 1. The summed E-state index contributed by atoms with van der Waals surface area (Å²) in [4.78, 5) is 10.3. The van der Waals surface area contributed by atoms with Crippen molar-refractivity contribution in [2.45, 2.75) is 0 Å². The number of thiocarbonyl (C=S) groups is 1. The Morgan fingerprint density at radius 3 is 2.88 bits per heavy atom. The molecule has 0 aliphatic carbocycles. The predicted octanol–water partition coefficient (Wildman–Crippen LogP) is 1.43. The first-order chi connectivity index (χ1) is 8.11. The van der Waals surface area contributed by atoms with Gasteiger partial charge in [0.15, 0.2) is 5.11 Å². The van der Waals surface area contributed by atoms with Gasteiger partial charge in [-0.1, -0.05) is 12.1 Å². The number of hydrogen-bond donors (Lipinski definition) is 2. The van der Waals surface area contributed by atoms with Gasteiger partial charge in [-0.3, -0.25) is 15.5 Å². The first-order valence-corrected chi connectivity index (χ1v) is 5.00. The van der Waals surface area contributed by atoms with Gasteiger partial charge in [-0.05, 0) is 30.4 Å². The molecular weight excluding hydrogens is 240 g/mol. The van der Waals surface area contributed by atoms with Crippen molar-refractivity contribution < 1.29 is 4.92 Å². The van der Waals surface area contributed by atoms with Crippen LogP contribution in [-0.2, 0) is 0 Å². The summed E-state index contributed by atoms with van der Waals surface area (Å²) in [5.41, 5.74) is 8.05. The number of nitro groups is 1. The second kappa shape index (κ2) is 6.33. The maximum atomic E-state index is 10.7. The van der Waals surface area contributed by atoms with Crippen LogP contribution in [0.3, 0.4) is 0 Å². The summed E-state index contributed by atoms with van der Waals surface area (Å²) >= 11 is 4.53. The second-order valence-electron chi connectivity index (χ2n) is 2.93. The van der Waals surface area contributed by atoms with Crippen molar-refractivity contribution >= 4 is 35.3 Å². The Balaban J connectivity index is 2.74. The highest BCUT2D eigenvalue weighted by molar-refractivity contribution is 7.80. The minimum Gasteiger partial charge on any atom is -0.375 e. The normalized spacial score (nSPS) is 10.8. The monoisotopic (exact) mass is 250 g/mol. The van der Waals surface area contributed by atoms with Crippen molar-refractivity contribution in [3.63, 3.8) is 0 Å². The van der Waals surface area contributed by atoms with Crippen molar-refractivity contribution in [2.24, 2.45) is 10.8 Å². The third-order valence-electron chi connectivity index (χ3n) is 1.74. The van der Waals surface area contributed by atoms with Crippen LogP contribution >= 0.6 is 12.2 Å². The van der Waals surface area contributed by atoms with Gasteiger partial charge in [-0.15, -0.1) is 0 Å². The van der Waals surface area contributed by atoms with Crippen LogP contribution < -0.4 is 11.2 Å². The van der Waals surface area contributed by atoms with E-state index in [9.17, 15) is 10.1 Å². The van der Waals surface area contributed by atoms with Crippen LogP contribution in [0.5, 0.6) is 0 Å². The van der Waals surface area contributed by atoms with Crippen molar-refractivity contribution in [3.05, 3.63) is 46.0 Å². The third-order valence-corrected chi connectivity index (χ3v) is 1.84. The molecule has 0 heterocycles. The first kappa shape index (κ1) is 12.8.